The van der Waals surface area contributed by atoms with Crippen molar-refractivity contribution in [1.82, 2.24) is 0 Å². The zero-order valence-electron chi connectivity index (χ0n) is 15.7. The molecule has 2 N–H and O–H groups in total. The Morgan fingerprint density at radius 2 is 1.79 bits per heavy atom. The summed E-state index contributed by atoms with van der Waals surface area (Å²) in [5.74, 6) is -2.16. The molecule has 0 radical (unpaired) electrons. The number of alkyl halides is 3. The number of hydrogen-bond acceptors (Lipinski definition) is 4. The number of nitriles is 3. The number of likely N-dealkylation sites (N-methyl/N-ethyl adjacent to an activating group) is 1. The van der Waals surface area contributed by atoms with Gasteiger partial charge in [-0.25, -0.2) is 0 Å². The second-order valence-electron chi connectivity index (χ2n) is 7.43. The van der Waals surface area contributed by atoms with E-state index in [4.69, 9.17) is 5.41 Å². The first-order valence-corrected chi connectivity index (χ1v) is 9.25. The van der Waals surface area contributed by atoms with Gasteiger partial charge in [0.1, 0.15) is 5.92 Å². The van der Waals surface area contributed by atoms with Crippen LogP contribution in [0.3, 0.4) is 0 Å². The first-order chi connectivity index (χ1) is 13.7. The van der Waals surface area contributed by atoms with Crippen LogP contribution in [0, 0.1) is 56.7 Å². The predicted octanol–water partition coefficient (Wildman–Crippen LogP) is 2.46. The Balaban J connectivity index is 2.20. The van der Waals surface area contributed by atoms with Crippen LogP contribution in [-0.2, 0) is 6.18 Å². The first-order valence-electron chi connectivity index (χ1n) is 9.25. The fourth-order valence-electron chi connectivity index (χ4n) is 4.51. The van der Waals surface area contributed by atoms with Crippen molar-refractivity contribution in [1.29, 1.82) is 21.2 Å². The molecule has 3 rings (SSSR count). The maximum Gasteiger partial charge on any atom is 0.416 e. The Labute approximate surface area is 166 Å². The van der Waals surface area contributed by atoms with Crippen molar-refractivity contribution in [3.05, 3.63) is 47.0 Å². The molecule has 29 heavy (non-hydrogen) atoms. The summed E-state index contributed by atoms with van der Waals surface area (Å²) >= 11 is 0. The van der Waals surface area contributed by atoms with Gasteiger partial charge in [-0.15, -0.1) is 0 Å². The molecule has 0 spiro atoms. The number of nitrogens with zero attached hydrogens (tertiary/aromatic N) is 3. The van der Waals surface area contributed by atoms with Gasteiger partial charge in [-0.05, 0) is 36.3 Å². The second kappa shape index (κ2) is 7.35. The van der Waals surface area contributed by atoms with E-state index in [1.165, 1.54) is 17.0 Å². The average Bonchev–Trinajstić information content (AvgIpc) is 2.72. The molecule has 1 aromatic carbocycles. The normalized spacial score (nSPS) is 28.3. The largest absolute Gasteiger partial charge is 0.416 e. The van der Waals surface area contributed by atoms with Gasteiger partial charge in [0.2, 0.25) is 0 Å². The standard InChI is InChI=1S/C21H18F3N5/c1-2-29-8-7-15-16(9-25)19(28)20(11-26,12-27)18(17(15)10-29)13-3-5-14(6-4-13)21(22,23)24/h3-7,16-18,28H,2,8,10H2,1H3/p+1/t16?,17-,18+/m1/s1. The monoisotopic (exact) mass is 398 g/mol. The Bertz CT molecular complexity index is 958. The van der Waals surface area contributed by atoms with Crippen LogP contribution in [0.1, 0.15) is 24.0 Å². The van der Waals surface area contributed by atoms with Crippen LogP contribution in [-0.4, -0.2) is 25.3 Å². The summed E-state index contributed by atoms with van der Waals surface area (Å²) in [6.45, 7) is 4.00. The van der Waals surface area contributed by atoms with Gasteiger partial charge in [-0.2, -0.15) is 29.0 Å². The molecule has 8 heteroatoms. The molecule has 1 aromatic rings. The molecule has 4 atom stereocenters. The van der Waals surface area contributed by atoms with Crippen molar-refractivity contribution in [3.8, 4) is 18.2 Å². The molecule has 1 aliphatic heterocycles. The van der Waals surface area contributed by atoms with Crippen molar-refractivity contribution in [2.75, 3.05) is 19.6 Å². The lowest BCUT2D eigenvalue weighted by Gasteiger charge is -2.46. The highest BCUT2D eigenvalue weighted by atomic mass is 19.4. The van der Waals surface area contributed by atoms with Crippen molar-refractivity contribution in [2.45, 2.75) is 19.0 Å². The van der Waals surface area contributed by atoms with Crippen LogP contribution in [0.15, 0.2) is 35.9 Å². The van der Waals surface area contributed by atoms with E-state index in [2.05, 4.69) is 6.07 Å². The fraction of sp³-hybridized carbons (Fsp3) is 0.429. The molecule has 1 aliphatic carbocycles. The summed E-state index contributed by atoms with van der Waals surface area (Å²) in [7, 11) is 0. The van der Waals surface area contributed by atoms with E-state index in [1.54, 1.807) is 0 Å². The van der Waals surface area contributed by atoms with E-state index in [0.29, 0.717) is 24.2 Å². The van der Waals surface area contributed by atoms with Crippen molar-refractivity contribution in [3.63, 3.8) is 0 Å². The predicted molar refractivity (Wildman–Crippen MR) is 97.5 cm³/mol. The van der Waals surface area contributed by atoms with Crippen LogP contribution in [0.25, 0.3) is 0 Å². The molecule has 2 aliphatic rings. The quantitative estimate of drug-likeness (QED) is 0.749. The first kappa shape index (κ1) is 20.6. The molecule has 5 nitrogen and oxygen atoms in total. The second-order valence-corrected chi connectivity index (χ2v) is 7.43. The summed E-state index contributed by atoms with van der Waals surface area (Å²) in [6, 6.07) is 10.4. The van der Waals surface area contributed by atoms with E-state index in [0.717, 1.165) is 18.7 Å². The molecule has 1 heterocycles. The lowest BCUT2D eigenvalue weighted by Crippen LogP contribution is -3.13. The van der Waals surface area contributed by atoms with Crippen LogP contribution in [0.4, 0.5) is 13.2 Å². The van der Waals surface area contributed by atoms with Gasteiger partial charge in [0, 0.05) is 11.8 Å². The third-order valence-electron chi connectivity index (χ3n) is 6.06. The summed E-state index contributed by atoms with van der Waals surface area (Å²) < 4.78 is 39.0. The minimum atomic E-state index is -4.50. The van der Waals surface area contributed by atoms with Crippen molar-refractivity contribution >= 4 is 5.71 Å². The fourth-order valence-corrected chi connectivity index (χ4v) is 4.51. The Kier molecular flexibility index (Phi) is 5.22. The van der Waals surface area contributed by atoms with Gasteiger partial charge >= 0.3 is 6.18 Å². The Morgan fingerprint density at radius 1 is 1.17 bits per heavy atom. The smallest absolute Gasteiger partial charge is 0.331 e. The molecule has 0 amide bonds. The summed E-state index contributed by atoms with van der Waals surface area (Å²) in [5, 5.41) is 38.0. The molecule has 1 fully saturated rings. The van der Waals surface area contributed by atoms with Crippen LogP contribution >= 0.6 is 0 Å². The van der Waals surface area contributed by atoms with Crippen molar-refractivity contribution in [2.24, 2.45) is 17.3 Å². The van der Waals surface area contributed by atoms with Gasteiger partial charge in [-0.1, -0.05) is 12.1 Å². The van der Waals surface area contributed by atoms with Crippen LogP contribution < -0.4 is 4.90 Å². The van der Waals surface area contributed by atoms with Crippen LogP contribution in [0.2, 0.25) is 0 Å². The number of nitrogens with one attached hydrogen (secondary N) is 2. The van der Waals surface area contributed by atoms with Crippen molar-refractivity contribution < 1.29 is 18.1 Å². The number of fused-ring (bicyclic) bond motifs is 1. The maximum absolute atomic E-state index is 13.0. The Morgan fingerprint density at radius 3 is 2.28 bits per heavy atom. The molecular formula is C21H19F3N5+. The molecule has 0 saturated heterocycles. The van der Waals surface area contributed by atoms with E-state index in [9.17, 15) is 29.0 Å². The summed E-state index contributed by atoms with van der Waals surface area (Å²) in [5.41, 5.74) is -1.92. The van der Waals surface area contributed by atoms with E-state index >= 15 is 0 Å². The lowest BCUT2D eigenvalue weighted by molar-refractivity contribution is -0.897. The number of hydrogen-bond donors (Lipinski definition) is 2. The van der Waals surface area contributed by atoms with Gasteiger partial charge < -0.3 is 10.3 Å². The highest BCUT2D eigenvalue weighted by Gasteiger charge is 2.58. The lowest BCUT2D eigenvalue weighted by atomic mass is 9.54. The molecule has 2 unspecified atom stereocenters. The molecule has 0 aromatic heterocycles. The van der Waals surface area contributed by atoms with Gasteiger partial charge in [-0.3, -0.25) is 0 Å². The molecular weight excluding hydrogens is 379 g/mol. The van der Waals surface area contributed by atoms with Gasteiger partial charge in [0.25, 0.3) is 0 Å². The highest BCUT2D eigenvalue weighted by molar-refractivity contribution is 6.00. The summed E-state index contributed by atoms with van der Waals surface area (Å²) in [4.78, 5) is 1.19. The van der Waals surface area contributed by atoms with Crippen LogP contribution in [0.5, 0.6) is 0 Å². The third kappa shape index (κ3) is 3.18. The minimum absolute atomic E-state index is 0.294. The average molecular weight is 398 g/mol. The highest BCUT2D eigenvalue weighted by Crippen LogP contribution is 2.52. The zero-order valence-corrected chi connectivity index (χ0v) is 15.7. The number of halogens is 3. The molecule has 148 valence electrons. The SMILES string of the molecule is CC[NH+]1CC=C2C(C#N)C(=N)C(C#N)(C#N)[C@@H](c3ccc(C(F)(F)F)cc3)[C@@H]2C1. The van der Waals surface area contributed by atoms with E-state index < -0.39 is 29.0 Å². The molecule has 0 bridgehead atoms. The maximum atomic E-state index is 13.0. The number of rotatable bonds is 2. The zero-order chi connectivity index (χ0) is 21.4. The summed E-state index contributed by atoms with van der Waals surface area (Å²) in [6.07, 6.45) is -2.60. The van der Waals surface area contributed by atoms with E-state index in [1.807, 2.05) is 25.1 Å². The van der Waals surface area contributed by atoms with Gasteiger partial charge in [0.15, 0.2) is 5.41 Å². The van der Waals surface area contributed by atoms with E-state index in [-0.39, 0.29) is 11.6 Å². The van der Waals surface area contributed by atoms with Gasteiger partial charge in [0.05, 0.1) is 49.1 Å². The number of benzene rings is 1. The molecule has 1 saturated carbocycles. The number of quaternary nitrogens is 1. The minimum Gasteiger partial charge on any atom is -0.331 e. The third-order valence-corrected chi connectivity index (χ3v) is 6.06. The Hall–Kier alpha value is -3.15. The topological polar surface area (TPSA) is 99.7 Å².